The van der Waals surface area contributed by atoms with Gasteiger partial charge in [0.2, 0.25) is 5.95 Å². The summed E-state index contributed by atoms with van der Waals surface area (Å²) < 4.78 is 5.83. The minimum Gasteiger partial charge on any atom is -0.492 e. The quantitative estimate of drug-likeness (QED) is 0.661. The Labute approximate surface area is 176 Å². The number of carboxylic acids is 1. The van der Waals surface area contributed by atoms with E-state index in [2.05, 4.69) is 26.8 Å². The Morgan fingerprint density at radius 1 is 1.24 bits per heavy atom. The lowest BCUT2D eigenvalue weighted by atomic mass is 9.84. The number of pyridine rings is 1. The Morgan fingerprint density at radius 2 is 1.97 bits per heavy atom. The molecule has 156 valence electrons. The fraction of sp³-hybridized carbons (Fsp3) is 0.524. The van der Waals surface area contributed by atoms with E-state index in [-0.39, 0.29) is 6.42 Å². The molecule has 0 aromatic carbocycles. The summed E-state index contributed by atoms with van der Waals surface area (Å²) in [5.74, 6) is 1.91. The van der Waals surface area contributed by atoms with Crippen molar-refractivity contribution in [3.8, 4) is 5.75 Å². The Balaban J connectivity index is 1.37. The maximum absolute atomic E-state index is 10.6. The van der Waals surface area contributed by atoms with Crippen LogP contribution >= 0.6 is 11.6 Å². The summed E-state index contributed by atoms with van der Waals surface area (Å²) in [7, 11) is 0. The molecule has 8 heteroatoms. The van der Waals surface area contributed by atoms with Gasteiger partial charge < -0.3 is 14.7 Å². The van der Waals surface area contributed by atoms with Crippen LogP contribution in [0.2, 0.25) is 5.02 Å². The first-order valence-corrected chi connectivity index (χ1v) is 10.4. The molecule has 0 unspecified atom stereocenters. The van der Waals surface area contributed by atoms with Crippen molar-refractivity contribution >= 4 is 23.5 Å². The van der Waals surface area contributed by atoms with E-state index in [4.69, 9.17) is 21.4 Å². The van der Waals surface area contributed by atoms with E-state index in [9.17, 15) is 4.79 Å². The molecular formula is C21H27ClN4O3. The molecule has 1 saturated heterocycles. The van der Waals surface area contributed by atoms with Gasteiger partial charge in [0, 0.05) is 25.2 Å². The van der Waals surface area contributed by atoms with E-state index < -0.39 is 5.97 Å². The monoisotopic (exact) mass is 418 g/mol. The summed E-state index contributed by atoms with van der Waals surface area (Å²) in [5, 5.41) is 9.28. The number of aryl methyl sites for hydroxylation is 1. The van der Waals surface area contributed by atoms with E-state index >= 15 is 0 Å². The largest absolute Gasteiger partial charge is 0.492 e. The molecule has 1 atom stereocenters. The summed E-state index contributed by atoms with van der Waals surface area (Å²) in [4.78, 5) is 25.7. The third kappa shape index (κ3) is 6.56. The van der Waals surface area contributed by atoms with Gasteiger partial charge >= 0.3 is 5.97 Å². The van der Waals surface area contributed by atoms with Gasteiger partial charge in [-0.1, -0.05) is 18.5 Å². The van der Waals surface area contributed by atoms with Crippen LogP contribution < -0.4 is 9.64 Å². The zero-order chi connectivity index (χ0) is 20.6. The highest BCUT2D eigenvalue weighted by atomic mass is 35.5. The van der Waals surface area contributed by atoms with Crippen molar-refractivity contribution in [3.63, 3.8) is 0 Å². The van der Waals surface area contributed by atoms with E-state index in [0.717, 1.165) is 49.7 Å². The Morgan fingerprint density at radius 3 is 2.59 bits per heavy atom. The molecule has 1 aliphatic heterocycles. The molecule has 7 nitrogen and oxygen atoms in total. The predicted octanol–water partition coefficient (Wildman–Crippen LogP) is 3.86. The van der Waals surface area contributed by atoms with E-state index in [1.54, 1.807) is 18.6 Å². The van der Waals surface area contributed by atoms with Crippen LogP contribution in [0.4, 0.5) is 5.95 Å². The van der Waals surface area contributed by atoms with Crippen molar-refractivity contribution in [2.75, 3.05) is 24.6 Å². The highest BCUT2D eigenvalue weighted by Gasteiger charge is 2.25. The number of carbonyl (C=O) groups is 1. The van der Waals surface area contributed by atoms with Crippen LogP contribution in [0.5, 0.6) is 5.75 Å². The molecule has 0 aliphatic carbocycles. The molecular weight excluding hydrogens is 392 g/mol. The van der Waals surface area contributed by atoms with Crippen molar-refractivity contribution in [1.29, 1.82) is 0 Å². The lowest BCUT2D eigenvalue weighted by molar-refractivity contribution is -0.136. The van der Waals surface area contributed by atoms with Gasteiger partial charge in [0.15, 0.2) is 0 Å². The molecule has 2 aromatic rings. The molecule has 0 saturated carbocycles. The first kappa shape index (κ1) is 21.3. The molecule has 1 fully saturated rings. The molecule has 1 N–H and O–H groups in total. The number of rotatable bonds is 9. The minimum atomic E-state index is -0.812. The average molecular weight is 419 g/mol. The fourth-order valence-corrected chi connectivity index (χ4v) is 3.71. The van der Waals surface area contributed by atoms with Gasteiger partial charge in [-0.2, -0.15) is 0 Å². The van der Waals surface area contributed by atoms with Crippen LogP contribution in [0, 0.1) is 11.8 Å². The molecule has 29 heavy (non-hydrogen) atoms. The number of carboxylic acid groups (broad SMARTS) is 1. The third-order valence-electron chi connectivity index (χ3n) is 5.47. The molecule has 1 aliphatic rings. The summed E-state index contributed by atoms with van der Waals surface area (Å²) >= 11 is 5.86. The van der Waals surface area contributed by atoms with Crippen LogP contribution in [0.1, 0.15) is 38.3 Å². The zero-order valence-electron chi connectivity index (χ0n) is 16.6. The SMILES string of the molecule is C[C@H](CCOc1ccc(CCC(=O)O)nc1)C1CCN(c2ncc(Cl)cn2)CC1. The first-order valence-electron chi connectivity index (χ1n) is 10.0. The summed E-state index contributed by atoms with van der Waals surface area (Å²) in [6.07, 6.45) is 8.71. The average Bonchev–Trinajstić information content (AvgIpc) is 2.74. The van der Waals surface area contributed by atoms with Crippen molar-refractivity contribution in [2.45, 2.75) is 39.0 Å². The molecule has 0 spiro atoms. The standard InChI is InChI=1S/C21H27ClN4O3/c1-15(8-11-29-19-4-2-18(23-14-19)3-5-20(27)28)16-6-9-26(10-7-16)21-24-12-17(22)13-25-21/h2,4,12-16H,3,5-11H2,1H3,(H,27,28)/t15-/m1/s1. The summed E-state index contributed by atoms with van der Waals surface area (Å²) in [5.41, 5.74) is 0.768. The Kier molecular flexibility index (Phi) is 7.63. The molecule has 0 radical (unpaired) electrons. The minimum absolute atomic E-state index is 0.0910. The number of aromatic nitrogens is 3. The first-order chi connectivity index (χ1) is 14.0. The van der Waals surface area contributed by atoms with E-state index in [0.29, 0.717) is 29.9 Å². The lowest BCUT2D eigenvalue weighted by Gasteiger charge is -2.34. The highest BCUT2D eigenvalue weighted by Crippen LogP contribution is 2.28. The van der Waals surface area contributed by atoms with Crippen LogP contribution in [-0.4, -0.2) is 45.7 Å². The molecule has 3 heterocycles. The lowest BCUT2D eigenvalue weighted by Crippen LogP contribution is -2.36. The number of hydrogen-bond acceptors (Lipinski definition) is 6. The van der Waals surface area contributed by atoms with E-state index in [1.807, 2.05) is 12.1 Å². The van der Waals surface area contributed by atoms with Crippen LogP contribution in [0.25, 0.3) is 0 Å². The number of aliphatic carboxylic acids is 1. The maximum atomic E-state index is 10.6. The topological polar surface area (TPSA) is 88.4 Å². The number of nitrogens with zero attached hydrogens (tertiary/aromatic N) is 4. The van der Waals surface area contributed by atoms with Crippen molar-refractivity contribution in [3.05, 3.63) is 41.4 Å². The normalized spacial score (nSPS) is 15.9. The molecule has 2 aromatic heterocycles. The van der Waals surface area contributed by atoms with Crippen LogP contribution in [0.3, 0.4) is 0 Å². The fourth-order valence-electron chi connectivity index (χ4n) is 3.61. The zero-order valence-corrected chi connectivity index (χ0v) is 17.4. The highest BCUT2D eigenvalue weighted by molar-refractivity contribution is 6.30. The Bertz CT molecular complexity index is 778. The number of anilines is 1. The van der Waals surface area contributed by atoms with Crippen LogP contribution in [0.15, 0.2) is 30.7 Å². The van der Waals surface area contributed by atoms with Gasteiger partial charge in [-0.25, -0.2) is 9.97 Å². The molecule has 0 bridgehead atoms. The number of hydrogen-bond donors (Lipinski definition) is 1. The Hall–Kier alpha value is -2.41. The van der Waals surface area contributed by atoms with Gasteiger partial charge in [-0.05, 0) is 43.2 Å². The van der Waals surface area contributed by atoms with Crippen molar-refractivity contribution < 1.29 is 14.6 Å². The third-order valence-corrected chi connectivity index (χ3v) is 5.66. The summed E-state index contributed by atoms with van der Waals surface area (Å²) in [6.45, 7) is 4.85. The summed E-state index contributed by atoms with van der Waals surface area (Å²) in [6, 6.07) is 3.69. The molecule has 3 rings (SSSR count). The van der Waals surface area contributed by atoms with E-state index in [1.165, 1.54) is 0 Å². The maximum Gasteiger partial charge on any atom is 0.303 e. The van der Waals surface area contributed by atoms with Gasteiger partial charge in [0.1, 0.15) is 5.75 Å². The predicted molar refractivity (Wildman–Crippen MR) is 111 cm³/mol. The van der Waals surface area contributed by atoms with Gasteiger partial charge in [0.25, 0.3) is 0 Å². The second-order valence-electron chi connectivity index (χ2n) is 7.52. The van der Waals surface area contributed by atoms with Crippen LogP contribution in [-0.2, 0) is 11.2 Å². The number of halogens is 1. The smallest absolute Gasteiger partial charge is 0.303 e. The van der Waals surface area contributed by atoms with Gasteiger partial charge in [-0.15, -0.1) is 0 Å². The van der Waals surface area contributed by atoms with Crippen molar-refractivity contribution in [1.82, 2.24) is 15.0 Å². The number of ether oxygens (including phenoxy) is 1. The number of piperidine rings is 1. The second kappa shape index (κ2) is 10.4. The van der Waals surface area contributed by atoms with Crippen molar-refractivity contribution in [2.24, 2.45) is 11.8 Å². The van der Waals surface area contributed by atoms with Gasteiger partial charge in [0.05, 0.1) is 36.6 Å². The van der Waals surface area contributed by atoms with Gasteiger partial charge in [-0.3, -0.25) is 9.78 Å². The second-order valence-corrected chi connectivity index (χ2v) is 7.96. The molecule has 0 amide bonds.